The van der Waals surface area contributed by atoms with Crippen LogP contribution in [0.2, 0.25) is 0 Å². The number of ether oxygens (including phenoxy) is 2. The Bertz CT molecular complexity index is 1220. The van der Waals surface area contributed by atoms with Gasteiger partial charge in [0.1, 0.15) is 11.6 Å². The molecule has 0 fully saturated rings. The molecule has 35 heavy (non-hydrogen) atoms. The van der Waals surface area contributed by atoms with Crippen LogP contribution in [0.1, 0.15) is 28.4 Å². The molecule has 0 bridgehead atoms. The van der Waals surface area contributed by atoms with Crippen molar-refractivity contribution in [1.29, 1.82) is 0 Å². The number of hydrogen-bond donors (Lipinski definition) is 2. The molecule has 2 aromatic carbocycles. The molecule has 10 heteroatoms. The summed E-state index contributed by atoms with van der Waals surface area (Å²) in [5.41, 5.74) is 1.53. The van der Waals surface area contributed by atoms with Crippen molar-refractivity contribution >= 4 is 34.4 Å². The summed E-state index contributed by atoms with van der Waals surface area (Å²) in [6, 6.07) is 9.44. The van der Waals surface area contributed by atoms with Crippen LogP contribution in [-0.2, 0) is 20.7 Å². The number of nitrogens with one attached hydrogen (secondary N) is 1. The summed E-state index contributed by atoms with van der Waals surface area (Å²) in [5.74, 6) is -4.13. The highest BCUT2D eigenvalue weighted by Crippen LogP contribution is 2.26. The molecule has 0 aliphatic carbocycles. The Balaban J connectivity index is 1.70. The quantitative estimate of drug-likeness (QED) is 0.378. The van der Waals surface area contributed by atoms with Gasteiger partial charge in [0, 0.05) is 48.3 Å². The maximum absolute atomic E-state index is 14.4. The molecule has 1 heterocycles. The number of aromatic nitrogens is 1. The Hall–Kier alpha value is -3.47. The molecule has 0 saturated carbocycles. The second kappa shape index (κ2) is 11.8. The van der Waals surface area contributed by atoms with Gasteiger partial charge in [-0.1, -0.05) is 24.3 Å². The summed E-state index contributed by atoms with van der Waals surface area (Å²) in [4.78, 5) is 27.8. The second-order valence-electron chi connectivity index (χ2n) is 7.69. The number of carbonyl (C=O) groups is 2. The lowest BCUT2D eigenvalue weighted by Crippen LogP contribution is -2.20. The molecule has 0 saturated heterocycles. The first-order valence-electron chi connectivity index (χ1n) is 10.5. The molecule has 2 N–H and O–H groups in total. The van der Waals surface area contributed by atoms with Crippen molar-refractivity contribution in [3.8, 4) is 11.3 Å². The summed E-state index contributed by atoms with van der Waals surface area (Å²) in [6.45, 7) is 1.70. The van der Waals surface area contributed by atoms with E-state index in [0.29, 0.717) is 18.7 Å². The van der Waals surface area contributed by atoms with Crippen LogP contribution < -0.4 is 5.32 Å². The minimum atomic E-state index is -1.30. The number of carboxylic acid groups (broad SMARTS) is 1. The first-order valence-corrected chi connectivity index (χ1v) is 11.4. The maximum atomic E-state index is 14.4. The van der Waals surface area contributed by atoms with Crippen molar-refractivity contribution in [2.45, 2.75) is 19.4 Å². The van der Waals surface area contributed by atoms with Crippen LogP contribution in [0.15, 0.2) is 47.4 Å². The Morgan fingerprint density at radius 3 is 2.40 bits per heavy atom. The van der Waals surface area contributed by atoms with Crippen molar-refractivity contribution in [2.24, 2.45) is 0 Å². The van der Waals surface area contributed by atoms with E-state index in [-0.39, 0.29) is 22.4 Å². The number of thiazole rings is 1. The maximum Gasteiger partial charge on any atom is 0.331 e. The van der Waals surface area contributed by atoms with E-state index in [2.05, 4.69) is 10.3 Å². The average Bonchev–Trinajstić information content (AvgIpc) is 3.29. The fraction of sp³-hybridized carbons (Fsp3) is 0.240. The zero-order valence-corrected chi connectivity index (χ0v) is 20.1. The highest BCUT2D eigenvalue weighted by atomic mass is 32.1. The van der Waals surface area contributed by atoms with Crippen LogP contribution in [-0.4, -0.2) is 48.9 Å². The highest BCUT2D eigenvalue weighted by molar-refractivity contribution is 7.14. The number of benzene rings is 2. The molecule has 1 atom stereocenters. The standard InChI is InChI=1S/C25H24F2N2O5S/c1-14(24(31)32)8-19-20(26)10-17(11-21(19)27)23(30)29-25-28-22(13-35-25)16-6-4-15(5-7-16)9-18(34-3)12-33-2/h4-8,10-11,13,18H,9,12H2,1-3H3,(H,31,32)(H,28,29,30)/b14-8+. The lowest BCUT2D eigenvalue weighted by molar-refractivity contribution is -0.132. The third kappa shape index (κ3) is 6.78. The van der Waals surface area contributed by atoms with Crippen molar-refractivity contribution in [2.75, 3.05) is 26.1 Å². The normalized spacial score (nSPS) is 12.4. The fourth-order valence-electron chi connectivity index (χ4n) is 3.24. The third-order valence-electron chi connectivity index (χ3n) is 5.16. The Kier molecular flexibility index (Phi) is 8.80. The van der Waals surface area contributed by atoms with Gasteiger partial charge in [0.2, 0.25) is 0 Å². The number of aliphatic carboxylic acids is 1. The van der Waals surface area contributed by atoms with Crippen molar-refractivity contribution < 1.29 is 33.0 Å². The summed E-state index contributed by atoms with van der Waals surface area (Å²) in [6.07, 6.45) is 1.52. The summed E-state index contributed by atoms with van der Waals surface area (Å²) < 4.78 is 39.2. The number of amides is 1. The number of anilines is 1. The summed E-state index contributed by atoms with van der Waals surface area (Å²) in [5, 5.41) is 13.5. The zero-order valence-electron chi connectivity index (χ0n) is 19.3. The van der Waals surface area contributed by atoms with Crippen LogP contribution in [0.4, 0.5) is 13.9 Å². The molecule has 7 nitrogen and oxygen atoms in total. The van der Waals surface area contributed by atoms with Gasteiger partial charge in [-0.25, -0.2) is 18.6 Å². The number of nitrogens with zero attached hydrogens (tertiary/aromatic N) is 1. The Morgan fingerprint density at radius 2 is 1.83 bits per heavy atom. The number of methoxy groups -OCH3 is 2. The van der Waals surface area contributed by atoms with Gasteiger partial charge in [-0.3, -0.25) is 10.1 Å². The number of rotatable bonds is 10. The van der Waals surface area contributed by atoms with Gasteiger partial charge in [0.15, 0.2) is 5.13 Å². The molecule has 0 radical (unpaired) electrons. The van der Waals surface area contributed by atoms with Crippen LogP contribution in [0, 0.1) is 11.6 Å². The molecular formula is C25H24F2N2O5S. The number of carbonyl (C=O) groups excluding carboxylic acids is 1. The lowest BCUT2D eigenvalue weighted by Gasteiger charge is -2.14. The van der Waals surface area contributed by atoms with Gasteiger partial charge in [0.25, 0.3) is 5.91 Å². The van der Waals surface area contributed by atoms with Gasteiger partial charge in [-0.05, 0) is 30.7 Å². The van der Waals surface area contributed by atoms with E-state index in [0.717, 1.165) is 29.3 Å². The molecule has 1 aromatic heterocycles. The Morgan fingerprint density at radius 1 is 1.17 bits per heavy atom. The van der Waals surface area contributed by atoms with Crippen LogP contribution in [0.5, 0.6) is 0 Å². The van der Waals surface area contributed by atoms with E-state index >= 15 is 0 Å². The largest absolute Gasteiger partial charge is 0.478 e. The molecule has 1 amide bonds. The van der Waals surface area contributed by atoms with Crippen molar-refractivity contribution in [3.05, 3.63) is 75.7 Å². The molecular weight excluding hydrogens is 478 g/mol. The first kappa shape index (κ1) is 26.1. The molecule has 0 aliphatic heterocycles. The number of hydrogen-bond acceptors (Lipinski definition) is 6. The van der Waals surface area contributed by atoms with Gasteiger partial charge < -0.3 is 14.6 Å². The summed E-state index contributed by atoms with van der Waals surface area (Å²) in [7, 11) is 3.26. The van der Waals surface area contributed by atoms with Gasteiger partial charge >= 0.3 is 5.97 Å². The van der Waals surface area contributed by atoms with Crippen molar-refractivity contribution in [1.82, 2.24) is 4.98 Å². The topological polar surface area (TPSA) is 97.8 Å². The lowest BCUT2D eigenvalue weighted by atomic mass is 10.0. The fourth-order valence-corrected chi connectivity index (χ4v) is 3.95. The smallest absolute Gasteiger partial charge is 0.331 e. The molecule has 1 unspecified atom stereocenters. The molecule has 0 aliphatic rings. The monoisotopic (exact) mass is 502 g/mol. The molecule has 3 aromatic rings. The van der Waals surface area contributed by atoms with E-state index in [1.165, 1.54) is 18.3 Å². The van der Waals surface area contributed by atoms with Gasteiger partial charge in [-0.2, -0.15) is 0 Å². The average molecular weight is 503 g/mol. The minimum absolute atomic E-state index is 0.0482. The first-order chi connectivity index (χ1) is 16.7. The number of halogens is 2. The summed E-state index contributed by atoms with van der Waals surface area (Å²) >= 11 is 1.17. The zero-order chi connectivity index (χ0) is 25.5. The molecule has 0 spiro atoms. The van der Waals surface area contributed by atoms with E-state index in [9.17, 15) is 18.4 Å². The molecule has 184 valence electrons. The van der Waals surface area contributed by atoms with Crippen molar-refractivity contribution in [3.63, 3.8) is 0 Å². The van der Waals surface area contributed by atoms with E-state index in [1.54, 1.807) is 19.6 Å². The Labute approximate surface area is 205 Å². The predicted octanol–water partition coefficient (Wildman–Crippen LogP) is 5.03. The SMILES string of the molecule is COCC(Cc1ccc(-c2csc(NC(=O)c3cc(F)c(/C=C(\C)C(=O)O)c(F)c3)n2)cc1)OC. The third-order valence-corrected chi connectivity index (χ3v) is 5.92. The van der Waals surface area contributed by atoms with Gasteiger partial charge in [0.05, 0.1) is 18.4 Å². The molecule has 3 rings (SSSR count). The van der Waals surface area contributed by atoms with E-state index in [1.807, 2.05) is 24.3 Å². The van der Waals surface area contributed by atoms with E-state index < -0.39 is 29.1 Å². The minimum Gasteiger partial charge on any atom is -0.478 e. The van der Waals surface area contributed by atoms with Crippen LogP contribution in [0.25, 0.3) is 17.3 Å². The second-order valence-corrected chi connectivity index (χ2v) is 8.55. The predicted molar refractivity (Wildman–Crippen MR) is 130 cm³/mol. The van der Waals surface area contributed by atoms with E-state index in [4.69, 9.17) is 14.6 Å². The van der Waals surface area contributed by atoms with Crippen LogP contribution >= 0.6 is 11.3 Å². The van der Waals surface area contributed by atoms with Gasteiger partial charge in [-0.15, -0.1) is 11.3 Å². The number of carboxylic acids is 1. The van der Waals surface area contributed by atoms with Crippen LogP contribution in [0.3, 0.4) is 0 Å². The highest BCUT2D eigenvalue weighted by Gasteiger charge is 2.17.